The number of H-pyrrole nitrogens is 1. The molecule has 1 aliphatic rings. The molecule has 0 radical (unpaired) electrons. The number of rotatable bonds is 4. The number of hydrogen-bond acceptors (Lipinski definition) is 3. The molecule has 5 aromatic rings. The summed E-state index contributed by atoms with van der Waals surface area (Å²) in [4.78, 5) is 12.9. The Kier molecular flexibility index (Phi) is 4.41. The largest absolute Gasteiger partial charge is 0.333 e. The van der Waals surface area contributed by atoms with E-state index in [0.717, 1.165) is 16.6 Å². The molecule has 3 heterocycles. The molecule has 1 fully saturated rings. The first-order valence-electron chi connectivity index (χ1n) is 10.3. The first-order chi connectivity index (χ1) is 15.6. The number of amides is 1. The first-order valence-corrected chi connectivity index (χ1v) is 11.1. The van der Waals surface area contributed by atoms with Crippen molar-refractivity contribution in [1.29, 1.82) is 0 Å². The van der Waals surface area contributed by atoms with Crippen LogP contribution >= 0.6 is 23.8 Å². The van der Waals surface area contributed by atoms with Crippen molar-refractivity contribution in [2.75, 3.05) is 5.01 Å². The molecular weight excluding hydrogens is 442 g/mol. The molecule has 0 aliphatic carbocycles. The smallest absolute Gasteiger partial charge is 0.262 e. The van der Waals surface area contributed by atoms with Gasteiger partial charge >= 0.3 is 0 Å². The summed E-state index contributed by atoms with van der Waals surface area (Å²) in [5, 5.41) is 10.7. The number of hydrogen-bond donors (Lipinski definition) is 1. The maximum Gasteiger partial charge on any atom is 0.262 e. The van der Waals surface area contributed by atoms with Crippen LogP contribution in [0.15, 0.2) is 78.9 Å². The molecule has 1 amide bonds. The predicted octanol–water partition coefficient (Wildman–Crippen LogP) is 4.92. The van der Waals surface area contributed by atoms with Crippen molar-refractivity contribution in [3.8, 4) is 0 Å². The van der Waals surface area contributed by atoms with Gasteiger partial charge < -0.3 is 4.57 Å². The van der Waals surface area contributed by atoms with Crippen LogP contribution in [-0.4, -0.2) is 30.7 Å². The summed E-state index contributed by atoms with van der Waals surface area (Å²) in [7, 11) is 0. The minimum absolute atomic E-state index is 0.193. The molecule has 6 nitrogen and oxygen atoms in total. The number of β-lactam (4-membered cyclic amide) rings is 1. The number of aromatic amines is 1. The minimum Gasteiger partial charge on any atom is -0.333 e. The Morgan fingerprint density at radius 3 is 2.16 bits per heavy atom. The number of para-hydroxylation sites is 2. The molecule has 0 bridgehead atoms. The van der Waals surface area contributed by atoms with E-state index in [4.69, 9.17) is 23.8 Å². The van der Waals surface area contributed by atoms with Crippen molar-refractivity contribution in [3.63, 3.8) is 0 Å². The van der Waals surface area contributed by atoms with E-state index in [1.807, 2.05) is 54.6 Å². The van der Waals surface area contributed by atoms with Gasteiger partial charge in [0.1, 0.15) is 11.4 Å². The molecule has 2 atom stereocenters. The summed E-state index contributed by atoms with van der Waals surface area (Å²) in [6.07, 6.45) is 0. The predicted molar refractivity (Wildman–Crippen MR) is 128 cm³/mol. The van der Waals surface area contributed by atoms with Gasteiger partial charge in [-0.25, -0.2) is 9.69 Å². The third-order valence-electron chi connectivity index (χ3n) is 6.06. The van der Waals surface area contributed by atoms with Crippen LogP contribution in [0.1, 0.15) is 17.4 Å². The van der Waals surface area contributed by atoms with E-state index in [1.54, 1.807) is 9.69 Å². The molecule has 0 saturated carbocycles. The summed E-state index contributed by atoms with van der Waals surface area (Å²) < 4.78 is 4.25. The number of aromatic nitrogens is 4. The Labute approximate surface area is 193 Å². The molecule has 1 aliphatic heterocycles. The Bertz CT molecular complexity index is 1480. The van der Waals surface area contributed by atoms with Crippen molar-refractivity contribution in [3.05, 3.63) is 95.0 Å². The van der Waals surface area contributed by atoms with Gasteiger partial charge in [0.25, 0.3) is 5.91 Å². The van der Waals surface area contributed by atoms with E-state index in [0.29, 0.717) is 17.1 Å². The Morgan fingerprint density at radius 1 is 0.906 bits per heavy atom. The third kappa shape index (κ3) is 2.75. The lowest BCUT2D eigenvalue weighted by Crippen LogP contribution is -2.62. The quantitative estimate of drug-likeness (QED) is 0.236. The standard InChI is InChI=1S/C24H18ClN5OS/c25-21-22(15-8-2-1-3-9-15)30(23(21)31)29-20(26-27-24(29)32)14-28-18-12-6-4-10-16(18)17-11-5-7-13-19(17)28/h1-13,21-22H,14H2,(H,27,32). The molecule has 8 heteroatoms. The highest BCUT2D eigenvalue weighted by Gasteiger charge is 2.49. The maximum atomic E-state index is 12.9. The van der Waals surface area contributed by atoms with E-state index in [-0.39, 0.29) is 11.9 Å². The number of fused-ring (bicyclic) bond motifs is 3. The fourth-order valence-corrected chi connectivity index (χ4v) is 5.18. The lowest BCUT2D eigenvalue weighted by molar-refractivity contribution is -0.126. The summed E-state index contributed by atoms with van der Waals surface area (Å²) >= 11 is 12.0. The molecule has 1 N–H and O–H groups in total. The molecule has 2 unspecified atom stereocenters. The van der Waals surface area contributed by atoms with Crippen LogP contribution in [0.25, 0.3) is 21.8 Å². The SMILES string of the molecule is O=C1C(Cl)C(c2ccccc2)N1n1c(Cn2c3ccccc3c3ccccc32)n[nH]c1=S. The van der Waals surface area contributed by atoms with Crippen LogP contribution in [0.2, 0.25) is 0 Å². The van der Waals surface area contributed by atoms with E-state index in [2.05, 4.69) is 39.0 Å². The topological polar surface area (TPSA) is 58.9 Å². The fourth-order valence-electron chi connectivity index (χ4n) is 4.59. The van der Waals surface area contributed by atoms with Crippen molar-refractivity contribution in [1.82, 2.24) is 19.4 Å². The summed E-state index contributed by atoms with van der Waals surface area (Å²) in [6.45, 7) is 0.444. The van der Waals surface area contributed by atoms with Crippen molar-refractivity contribution in [2.45, 2.75) is 18.0 Å². The average Bonchev–Trinajstić information content (AvgIpc) is 3.35. The first kappa shape index (κ1) is 19.3. The van der Waals surface area contributed by atoms with Gasteiger partial charge in [-0.3, -0.25) is 9.89 Å². The highest BCUT2D eigenvalue weighted by Crippen LogP contribution is 2.38. The van der Waals surface area contributed by atoms with Crippen LogP contribution < -0.4 is 5.01 Å². The molecule has 0 spiro atoms. The second-order valence-corrected chi connectivity index (χ2v) is 8.67. The van der Waals surface area contributed by atoms with Crippen LogP contribution in [0, 0.1) is 4.77 Å². The number of nitrogens with one attached hydrogen (secondary N) is 1. The average molecular weight is 460 g/mol. The van der Waals surface area contributed by atoms with Gasteiger partial charge in [-0.1, -0.05) is 66.7 Å². The molecule has 1 saturated heterocycles. The van der Waals surface area contributed by atoms with Gasteiger partial charge in [0.15, 0.2) is 5.82 Å². The Balaban J connectivity index is 1.48. The summed E-state index contributed by atoms with van der Waals surface area (Å²) in [5.41, 5.74) is 3.15. The van der Waals surface area contributed by atoms with Crippen molar-refractivity contribution in [2.24, 2.45) is 0 Å². The number of halogens is 1. The minimum atomic E-state index is -0.643. The lowest BCUT2D eigenvalue weighted by Gasteiger charge is -2.44. The second kappa shape index (κ2) is 7.32. The van der Waals surface area contributed by atoms with Crippen molar-refractivity contribution < 1.29 is 4.79 Å². The molecule has 2 aromatic heterocycles. The Hall–Kier alpha value is -3.42. The van der Waals surface area contributed by atoms with Crippen molar-refractivity contribution >= 4 is 51.5 Å². The van der Waals surface area contributed by atoms with Crippen LogP contribution in [0.5, 0.6) is 0 Å². The normalized spacial score (nSPS) is 18.4. The summed E-state index contributed by atoms with van der Waals surface area (Å²) in [5.74, 6) is 0.445. The van der Waals surface area contributed by atoms with Gasteiger partial charge in [-0.05, 0) is 29.9 Å². The Morgan fingerprint density at radius 2 is 1.50 bits per heavy atom. The second-order valence-electron chi connectivity index (χ2n) is 7.82. The maximum absolute atomic E-state index is 12.9. The molecule has 3 aromatic carbocycles. The summed E-state index contributed by atoms with van der Waals surface area (Å²) in [6, 6.07) is 26.0. The zero-order valence-electron chi connectivity index (χ0n) is 16.9. The van der Waals surface area contributed by atoms with Gasteiger partial charge in [-0.2, -0.15) is 5.10 Å². The monoisotopic (exact) mass is 459 g/mol. The third-order valence-corrected chi connectivity index (χ3v) is 6.75. The van der Waals surface area contributed by atoms with E-state index < -0.39 is 5.38 Å². The number of carbonyl (C=O) groups is 1. The van der Waals surface area contributed by atoms with E-state index in [1.165, 1.54) is 10.8 Å². The molecular formula is C24H18ClN5OS. The van der Waals surface area contributed by atoms with E-state index >= 15 is 0 Å². The lowest BCUT2D eigenvalue weighted by atomic mass is 9.95. The van der Waals surface area contributed by atoms with Gasteiger partial charge in [0.2, 0.25) is 4.77 Å². The zero-order valence-corrected chi connectivity index (χ0v) is 18.4. The number of carbonyl (C=O) groups excluding carboxylic acids is 1. The highest BCUT2D eigenvalue weighted by atomic mass is 35.5. The zero-order chi connectivity index (χ0) is 21.8. The van der Waals surface area contributed by atoms with Gasteiger partial charge in [0.05, 0.1) is 6.54 Å². The van der Waals surface area contributed by atoms with Crippen LogP contribution in [0.4, 0.5) is 0 Å². The fraction of sp³-hybridized carbons (Fsp3) is 0.125. The van der Waals surface area contributed by atoms with E-state index in [9.17, 15) is 4.79 Å². The number of nitrogens with zero attached hydrogens (tertiary/aromatic N) is 4. The van der Waals surface area contributed by atoms with Crippen LogP contribution in [-0.2, 0) is 11.3 Å². The molecule has 32 heavy (non-hydrogen) atoms. The highest BCUT2D eigenvalue weighted by molar-refractivity contribution is 7.71. The number of alkyl halides is 1. The number of benzene rings is 3. The van der Waals surface area contributed by atoms with Gasteiger partial charge in [0, 0.05) is 21.8 Å². The van der Waals surface area contributed by atoms with Crippen LogP contribution in [0.3, 0.4) is 0 Å². The molecule has 158 valence electrons. The van der Waals surface area contributed by atoms with Gasteiger partial charge in [-0.15, -0.1) is 11.6 Å². The molecule has 6 rings (SSSR count).